The van der Waals surface area contributed by atoms with Gasteiger partial charge in [0.1, 0.15) is 0 Å². The Morgan fingerprint density at radius 1 is 0.933 bits per heavy atom. The second-order valence-electron chi connectivity index (χ2n) is 6.45. The third-order valence-corrected chi connectivity index (χ3v) is 4.35. The molecule has 2 amide bonds. The maximum atomic E-state index is 12.2. The second kappa shape index (κ2) is 10.8. The molecule has 1 N–H and O–H groups in total. The predicted molar refractivity (Wildman–Crippen MR) is 110 cm³/mol. The maximum absolute atomic E-state index is 12.2. The molecule has 0 saturated carbocycles. The molecule has 0 atom stereocenters. The van der Waals surface area contributed by atoms with Crippen molar-refractivity contribution in [2.75, 3.05) is 32.6 Å². The largest absolute Gasteiger partial charge is 0.465 e. The first-order chi connectivity index (χ1) is 14.3. The third-order valence-electron chi connectivity index (χ3n) is 4.35. The van der Waals surface area contributed by atoms with Crippen LogP contribution in [-0.2, 0) is 25.5 Å². The van der Waals surface area contributed by atoms with Gasteiger partial charge in [0.25, 0.3) is 5.91 Å². The molecule has 0 fully saturated rings. The highest BCUT2D eigenvalue weighted by molar-refractivity contribution is 5.96. The molecule has 0 aromatic heterocycles. The number of nitrogens with one attached hydrogen (secondary N) is 1. The molecule has 8 heteroatoms. The summed E-state index contributed by atoms with van der Waals surface area (Å²) in [5.74, 6) is -2.11. The Labute approximate surface area is 174 Å². The molecule has 0 spiro atoms. The van der Waals surface area contributed by atoms with Gasteiger partial charge in [-0.25, -0.2) is 9.59 Å². The average molecular weight is 412 g/mol. The van der Waals surface area contributed by atoms with E-state index in [2.05, 4.69) is 10.1 Å². The zero-order valence-electron chi connectivity index (χ0n) is 17.1. The first-order valence-electron chi connectivity index (χ1n) is 9.33. The number of hydrogen-bond acceptors (Lipinski definition) is 6. The van der Waals surface area contributed by atoms with E-state index in [4.69, 9.17) is 4.74 Å². The molecule has 0 aliphatic heterocycles. The summed E-state index contributed by atoms with van der Waals surface area (Å²) in [5.41, 5.74) is 2.17. The molecule has 2 aromatic rings. The number of rotatable bonds is 8. The molecule has 2 aromatic carbocycles. The predicted octanol–water partition coefficient (Wildman–Crippen LogP) is 2.29. The SMILES string of the molecule is CCc1ccccc1NC(=O)CN(C)C(=O)COC(=O)c1ccc(C(=O)OC)cc1. The van der Waals surface area contributed by atoms with E-state index in [1.165, 1.54) is 43.3 Å². The van der Waals surface area contributed by atoms with E-state index in [9.17, 15) is 19.2 Å². The highest BCUT2D eigenvalue weighted by Crippen LogP contribution is 2.15. The van der Waals surface area contributed by atoms with Gasteiger partial charge < -0.3 is 19.7 Å². The van der Waals surface area contributed by atoms with Crippen molar-refractivity contribution in [3.63, 3.8) is 0 Å². The standard InChI is InChI=1S/C22H24N2O6/c1-4-15-7-5-6-8-18(15)23-19(25)13-24(2)20(26)14-30-22(28)17-11-9-16(10-12-17)21(27)29-3/h5-12H,4,13-14H2,1-3H3,(H,23,25). The van der Waals surface area contributed by atoms with Crippen LogP contribution in [0.1, 0.15) is 33.2 Å². The molecule has 0 radical (unpaired) electrons. The van der Waals surface area contributed by atoms with Crippen LogP contribution < -0.4 is 5.32 Å². The normalized spacial score (nSPS) is 10.1. The molecule has 8 nitrogen and oxygen atoms in total. The van der Waals surface area contributed by atoms with E-state index >= 15 is 0 Å². The van der Waals surface area contributed by atoms with Crippen molar-refractivity contribution in [2.24, 2.45) is 0 Å². The lowest BCUT2D eigenvalue weighted by molar-refractivity contribution is -0.136. The van der Waals surface area contributed by atoms with Crippen LogP contribution in [-0.4, -0.2) is 56.0 Å². The van der Waals surface area contributed by atoms with Crippen LogP contribution in [0.2, 0.25) is 0 Å². The molecule has 0 heterocycles. The Bertz CT molecular complexity index is 923. The van der Waals surface area contributed by atoms with Gasteiger partial charge >= 0.3 is 11.9 Å². The van der Waals surface area contributed by atoms with Gasteiger partial charge in [0.2, 0.25) is 5.91 Å². The Morgan fingerprint density at radius 2 is 1.53 bits per heavy atom. The number of benzene rings is 2. The molecule has 0 aliphatic carbocycles. The number of methoxy groups -OCH3 is 1. The fourth-order valence-corrected chi connectivity index (χ4v) is 2.62. The van der Waals surface area contributed by atoms with Crippen LogP contribution in [0.15, 0.2) is 48.5 Å². The molecule has 0 aliphatic rings. The highest BCUT2D eigenvalue weighted by Gasteiger charge is 2.17. The minimum absolute atomic E-state index is 0.178. The van der Waals surface area contributed by atoms with Gasteiger partial charge in [-0.2, -0.15) is 0 Å². The molecular weight excluding hydrogens is 388 g/mol. The summed E-state index contributed by atoms with van der Waals surface area (Å²) >= 11 is 0. The summed E-state index contributed by atoms with van der Waals surface area (Å²) < 4.78 is 9.58. The van der Waals surface area contributed by atoms with Gasteiger partial charge in [-0.1, -0.05) is 25.1 Å². The van der Waals surface area contributed by atoms with Gasteiger partial charge in [-0.15, -0.1) is 0 Å². The Kier molecular flexibility index (Phi) is 8.10. The number of amides is 2. The molecule has 30 heavy (non-hydrogen) atoms. The molecule has 158 valence electrons. The zero-order chi connectivity index (χ0) is 22.1. The zero-order valence-corrected chi connectivity index (χ0v) is 17.1. The number of carbonyl (C=O) groups excluding carboxylic acids is 4. The number of likely N-dealkylation sites (N-methyl/N-ethyl adjacent to an activating group) is 1. The lowest BCUT2D eigenvalue weighted by atomic mass is 10.1. The third kappa shape index (κ3) is 6.16. The monoisotopic (exact) mass is 412 g/mol. The highest BCUT2D eigenvalue weighted by atomic mass is 16.5. The van der Waals surface area contributed by atoms with Crippen LogP contribution in [0, 0.1) is 0 Å². The van der Waals surface area contributed by atoms with Crippen molar-refractivity contribution in [1.29, 1.82) is 0 Å². The van der Waals surface area contributed by atoms with Gasteiger partial charge in [0, 0.05) is 12.7 Å². The fraction of sp³-hybridized carbons (Fsp3) is 0.273. The summed E-state index contributed by atoms with van der Waals surface area (Å²) in [5, 5.41) is 2.78. The minimum Gasteiger partial charge on any atom is -0.465 e. The molecule has 0 bridgehead atoms. The Hall–Kier alpha value is -3.68. The number of aryl methyl sites for hydroxylation is 1. The second-order valence-corrected chi connectivity index (χ2v) is 6.45. The van der Waals surface area contributed by atoms with E-state index in [-0.39, 0.29) is 18.0 Å². The Morgan fingerprint density at radius 3 is 2.13 bits per heavy atom. The van der Waals surface area contributed by atoms with E-state index in [0.717, 1.165) is 12.0 Å². The maximum Gasteiger partial charge on any atom is 0.338 e. The Balaban J connectivity index is 1.84. The van der Waals surface area contributed by atoms with Crippen LogP contribution in [0.25, 0.3) is 0 Å². The van der Waals surface area contributed by atoms with E-state index < -0.39 is 24.5 Å². The van der Waals surface area contributed by atoms with Crippen molar-refractivity contribution in [1.82, 2.24) is 4.90 Å². The summed E-state index contributed by atoms with van der Waals surface area (Å²) in [6.45, 7) is 1.30. The van der Waals surface area contributed by atoms with Crippen molar-refractivity contribution in [3.8, 4) is 0 Å². The van der Waals surface area contributed by atoms with E-state index in [0.29, 0.717) is 11.3 Å². The van der Waals surface area contributed by atoms with Gasteiger partial charge in [-0.3, -0.25) is 9.59 Å². The van der Waals surface area contributed by atoms with Crippen molar-refractivity contribution >= 4 is 29.4 Å². The molecule has 0 unspecified atom stereocenters. The van der Waals surface area contributed by atoms with Gasteiger partial charge in [0.15, 0.2) is 6.61 Å². The number of para-hydroxylation sites is 1. The van der Waals surface area contributed by atoms with Crippen molar-refractivity contribution in [2.45, 2.75) is 13.3 Å². The van der Waals surface area contributed by atoms with Gasteiger partial charge in [-0.05, 0) is 42.3 Å². The fourth-order valence-electron chi connectivity index (χ4n) is 2.62. The lowest BCUT2D eigenvalue weighted by Gasteiger charge is -2.17. The summed E-state index contributed by atoms with van der Waals surface area (Å²) in [6.07, 6.45) is 0.766. The number of hydrogen-bond donors (Lipinski definition) is 1. The van der Waals surface area contributed by atoms with Crippen LogP contribution >= 0.6 is 0 Å². The molecule has 0 saturated heterocycles. The topological polar surface area (TPSA) is 102 Å². The van der Waals surface area contributed by atoms with Crippen LogP contribution in [0.5, 0.6) is 0 Å². The summed E-state index contributed by atoms with van der Waals surface area (Å²) in [7, 11) is 2.71. The minimum atomic E-state index is -0.713. The van der Waals surface area contributed by atoms with E-state index in [1.54, 1.807) is 6.07 Å². The first-order valence-corrected chi connectivity index (χ1v) is 9.33. The average Bonchev–Trinajstić information content (AvgIpc) is 2.76. The number of esters is 2. The summed E-state index contributed by atoms with van der Waals surface area (Å²) in [4.78, 5) is 49.0. The smallest absolute Gasteiger partial charge is 0.338 e. The van der Waals surface area contributed by atoms with Crippen LogP contribution in [0.4, 0.5) is 5.69 Å². The molecule has 2 rings (SSSR count). The number of ether oxygens (including phenoxy) is 2. The van der Waals surface area contributed by atoms with Crippen LogP contribution in [0.3, 0.4) is 0 Å². The quantitative estimate of drug-likeness (QED) is 0.668. The number of nitrogens with zero attached hydrogens (tertiary/aromatic N) is 1. The number of carbonyl (C=O) groups is 4. The summed E-state index contributed by atoms with van der Waals surface area (Å²) in [6, 6.07) is 13.1. The number of anilines is 1. The first kappa shape index (κ1) is 22.6. The van der Waals surface area contributed by atoms with Crippen molar-refractivity contribution < 1.29 is 28.7 Å². The van der Waals surface area contributed by atoms with Crippen molar-refractivity contribution in [3.05, 3.63) is 65.2 Å². The lowest BCUT2D eigenvalue weighted by Crippen LogP contribution is -2.37. The van der Waals surface area contributed by atoms with Gasteiger partial charge in [0.05, 0.1) is 24.8 Å². The van der Waals surface area contributed by atoms with E-state index in [1.807, 2.05) is 25.1 Å². The molecular formula is C22H24N2O6.